The van der Waals surface area contributed by atoms with Crippen LogP contribution in [0.2, 0.25) is 0 Å². The van der Waals surface area contributed by atoms with E-state index < -0.39 is 29.8 Å². The molecule has 0 radical (unpaired) electrons. The minimum absolute atomic E-state index is 0.128. The summed E-state index contributed by atoms with van der Waals surface area (Å²) in [6.45, 7) is 3.05. The largest absolute Gasteiger partial charge is 0.573 e. The Kier molecular flexibility index (Phi) is 6.04. The molecule has 1 fully saturated rings. The van der Waals surface area contributed by atoms with E-state index >= 15 is 0 Å². The molecule has 31 heavy (non-hydrogen) atoms. The van der Waals surface area contributed by atoms with Gasteiger partial charge in [0.1, 0.15) is 17.1 Å². The molecule has 1 aliphatic heterocycles. The van der Waals surface area contributed by atoms with Crippen molar-refractivity contribution >= 4 is 5.91 Å². The van der Waals surface area contributed by atoms with Gasteiger partial charge in [-0.3, -0.25) is 4.79 Å². The van der Waals surface area contributed by atoms with Crippen LogP contribution in [-0.4, -0.2) is 37.0 Å². The van der Waals surface area contributed by atoms with E-state index in [-0.39, 0.29) is 18.0 Å². The third kappa shape index (κ3) is 4.68. The smallest absolute Gasteiger partial charge is 0.496 e. The van der Waals surface area contributed by atoms with E-state index in [2.05, 4.69) is 4.74 Å². The number of ether oxygens (including phenoxy) is 4. The number of halogens is 4. The van der Waals surface area contributed by atoms with Crippen LogP contribution in [0.4, 0.5) is 17.6 Å². The number of carbonyl (C=O) groups is 1. The lowest BCUT2D eigenvalue weighted by Crippen LogP contribution is -2.35. The van der Waals surface area contributed by atoms with Gasteiger partial charge >= 0.3 is 6.36 Å². The van der Waals surface area contributed by atoms with Gasteiger partial charge in [-0.25, -0.2) is 4.39 Å². The van der Waals surface area contributed by atoms with Crippen LogP contribution in [-0.2, 0) is 16.1 Å². The molecule has 0 aliphatic carbocycles. The Labute approximate surface area is 176 Å². The van der Waals surface area contributed by atoms with E-state index in [4.69, 9.17) is 14.2 Å². The normalized spacial score (nSPS) is 18.3. The molecule has 0 aromatic heterocycles. The van der Waals surface area contributed by atoms with Gasteiger partial charge in [0.2, 0.25) is 0 Å². The molecule has 0 N–H and O–H groups in total. The number of rotatable bonds is 6. The number of methoxy groups -OCH3 is 2. The van der Waals surface area contributed by atoms with Gasteiger partial charge in [-0.15, -0.1) is 13.2 Å². The average Bonchev–Trinajstić information content (AvgIpc) is 2.91. The zero-order chi connectivity index (χ0) is 23.0. The van der Waals surface area contributed by atoms with Gasteiger partial charge < -0.3 is 23.8 Å². The summed E-state index contributed by atoms with van der Waals surface area (Å²) in [5.74, 6) is -1.71. The molecule has 0 saturated carbocycles. The molecular weight excluding hydrogens is 422 g/mol. The summed E-state index contributed by atoms with van der Waals surface area (Å²) in [5, 5.41) is 0. The summed E-state index contributed by atoms with van der Waals surface area (Å²) in [6.07, 6.45) is -5.95. The second kappa shape index (κ2) is 8.26. The van der Waals surface area contributed by atoms with E-state index in [0.717, 1.165) is 12.1 Å². The van der Waals surface area contributed by atoms with Crippen molar-refractivity contribution in [2.45, 2.75) is 38.6 Å². The summed E-state index contributed by atoms with van der Waals surface area (Å²) >= 11 is 0. The van der Waals surface area contributed by atoms with Crippen LogP contribution in [0.1, 0.15) is 31.2 Å². The van der Waals surface area contributed by atoms with Gasteiger partial charge in [0.15, 0.2) is 17.8 Å². The zero-order valence-electron chi connectivity index (χ0n) is 17.2. The molecule has 1 heterocycles. The SMILES string of the molecule is COc1cccc(OC)c1C1OC(C)(C)C(=O)N1Cc1ccc(OC(F)(F)F)c(F)c1. The first-order valence-corrected chi connectivity index (χ1v) is 9.21. The maximum Gasteiger partial charge on any atom is 0.573 e. The topological polar surface area (TPSA) is 57.2 Å². The van der Waals surface area contributed by atoms with Crippen LogP contribution in [0.5, 0.6) is 17.2 Å². The molecule has 1 amide bonds. The number of hydrogen-bond acceptors (Lipinski definition) is 5. The van der Waals surface area contributed by atoms with Crippen molar-refractivity contribution in [1.29, 1.82) is 0 Å². The van der Waals surface area contributed by atoms with Gasteiger partial charge in [0.25, 0.3) is 5.91 Å². The van der Waals surface area contributed by atoms with Crippen molar-refractivity contribution in [3.63, 3.8) is 0 Å². The van der Waals surface area contributed by atoms with Gasteiger partial charge in [0, 0.05) is 6.54 Å². The van der Waals surface area contributed by atoms with E-state index in [1.807, 2.05) is 0 Å². The average molecular weight is 443 g/mol. The standard InChI is InChI=1S/C21H21F4NO5/c1-20(2)19(27)26(11-12-8-9-14(13(22)10-12)30-21(23,24)25)18(31-20)17-15(28-3)6-5-7-16(17)29-4/h5-10,18H,11H2,1-4H3. The Balaban J connectivity index is 1.97. The Hall–Kier alpha value is -3.01. The molecule has 1 aliphatic rings. The zero-order valence-corrected chi connectivity index (χ0v) is 17.2. The first kappa shape index (κ1) is 22.7. The maximum absolute atomic E-state index is 14.2. The van der Waals surface area contributed by atoms with Gasteiger partial charge in [-0.05, 0) is 43.7 Å². The van der Waals surface area contributed by atoms with Crippen molar-refractivity contribution in [2.24, 2.45) is 0 Å². The predicted octanol–water partition coefficient (Wildman–Crippen LogP) is 4.58. The Bertz CT molecular complexity index is 954. The van der Waals surface area contributed by atoms with Crippen LogP contribution in [0.25, 0.3) is 0 Å². The van der Waals surface area contributed by atoms with Crippen molar-refractivity contribution in [3.05, 3.63) is 53.3 Å². The van der Waals surface area contributed by atoms with Crippen LogP contribution in [0.3, 0.4) is 0 Å². The molecule has 1 saturated heterocycles. The molecule has 10 heteroatoms. The number of carbonyl (C=O) groups excluding carboxylic acids is 1. The molecule has 2 aromatic carbocycles. The van der Waals surface area contributed by atoms with Gasteiger partial charge in [-0.1, -0.05) is 12.1 Å². The predicted molar refractivity (Wildman–Crippen MR) is 101 cm³/mol. The number of benzene rings is 2. The lowest BCUT2D eigenvalue weighted by atomic mass is 10.1. The van der Waals surface area contributed by atoms with Gasteiger partial charge in [-0.2, -0.15) is 0 Å². The number of alkyl halides is 3. The fourth-order valence-corrected chi connectivity index (χ4v) is 3.39. The summed E-state index contributed by atoms with van der Waals surface area (Å²) in [4.78, 5) is 14.4. The third-order valence-corrected chi connectivity index (χ3v) is 4.75. The Morgan fingerprint density at radius 2 is 1.68 bits per heavy atom. The second-order valence-corrected chi connectivity index (χ2v) is 7.30. The number of nitrogens with zero attached hydrogens (tertiary/aromatic N) is 1. The summed E-state index contributed by atoms with van der Waals surface area (Å²) in [6, 6.07) is 8.07. The van der Waals surface area contributed by atoms with Crippen LogP contribution >= 0.6 is 0 Å². The molecule has 6 nitrogen and oxygen atoms in total. The molecular formula is C21H21F4NO5. The quantitative estimate of drug-likeness (QED) is 0.612. The monoisotopic (exact) mass is 443 g/mol. The Morgan fingerprint density at radius 1 is 1.06 bits per heavy atom. The van der Waals surface area contributed by atoms with E-state index in [9.17, 15) is 22.4 Å². The van der Waals surface area contributed by atoms with E-state index in [1.54, 1.807) is 32.0 Å². The number of amides is 1. The molecule has 1 atom stereocenters. The highest BCUT2D eigenvalue weighted by Gasteiger charge is 2.48. The fraction of sp³-hybridized carbons (Fsp3) is 0.381. The van der Waals surface area contributed by atoms with Crippen LogP contribution < -0.4 is 14.2 Å². The van der Waals surface area contributed by atoms with Crippen LogP contribution in [0, 0.1) is 5.82 Å². The summed E-state index contributed by atoms with van der Waals surface area (Å²) in [5.41, 5.74) is -0.488. The minimum Gasteiger partial charge on any atom is -0.496 e. The molecule has 0 bridgehead atoms. The van der Waals surface area contributed by atoms with Crippen LogP contribution in [0.15, 0.2) is 36.4 Å². The Morgan fingerprint density at radius 3 is 2.19 bits per heavy atom. The fourth-order valence-electron chi connectivity index (χ4n) is 3.39. The van der Waals surface area contributed by atoms with Crippen molar-refractivity contribution in [1.82, 2.24) is 4.90 Å². The second-order valence-electron chi connectivity index (χ2n) is 7.30. The minimum atomic E-state index is -5.02. The van der Waals surface area contributed by atoms with E-state index in [0.29, 0.717) is 17.1 Å². The van der Waals surface area contributed by atoms with Crippen molar-refractivity contribution in [3.8, 4) is 17.2 Å². The summed E-state index contributed by atoms with van der Waals surface area (Å²) in [7, 11) is 2.92. The lowest BCUT2D eigenvalue weighted by molar-refractivity contribution is -0.275. The molecule has 2 aromatic rings. The molecule has 0 spiro atoms. The molecule has 1 unspecified atom stereocenters. The molecule has 168 valence electrons. The highest BCUT2D eigenvalue weighted by atomic mass is 19.4. The first-order valence-electron chi connectivity index (χ1n) is 9.21. The third-order valence-electron chi connectivity index (χ3n) is 4.75. The van der Waals surface area contributed by atoms with Gasteiger partial charge in [0.05, 0.1) is 19.8 Å². The summed E-state index contributed by atoms with van der Waals surface area (Å²) < 4.78 is 71.8. The first-order chi connectivity index (χ1) is 14.5. The number of hydrogen-bond donors (Lipinski definition) is 0. The molecule has 3 rings (SSSR count). The van der Waals surface area contributed by atoms with Crippen molar-refractivity contribution < 1.29 is 41.3 Å². The lowest BCUT2D eigenvalue weighted by Gasteiger charge is -2.26. The van der Waals surface area contributed by atoms with E-state index in [1.165, 1.54) is 25.2 Å². The highest BCUT2D eigenvalue weighted by Crippen LogP contribution is 2.45. The highest BCUT2D eigenvalue weighted by molar-refractivity contribution is 5.86. The van der Waals surface area contributed by atoms with Crippen molar-refractivity contribution in [2.75, 3.05) is 14.2 Å². The maximum atomic E-state index is 14.2.